The summed E-state index contributed by atoms with van der Waals surface area (Å²) < 4.78 is 10.7. The Morgan fingerprint density at radius 3 is 2.69 bits per heavy atom. The number of esters is 1. The van der Waals surface area contributed by atoms with E-state index in [9.17, 15) is 9.59 Å². The van der Waals surface area contributed by atoms with E-state index in [-0.39, 0.29) is 30.4 Å². The number of aromatic nitrogens is 4. The summed E-state index contributed by atoms with van der Waals surface area (Å²) in [6.07, 6.45) is 1.16. The van der Waals surface area contributed by atoms with E-state index in [0.717, 1.165) is 5.56 Å². The van der Waals surface area contributed by atoms with Gasteiger partial charge in [-0.05, 0) is 30.7 Å². The molecular weight excluding hydrogens is 372 g/mol. The van der Waals surface area contributed by atoms with Crippen LogP contribution in [0.5, 0.6) is 0 Å². The van der Waals surface area contributed by atoms with E-state index in [0.29, 0.717) is 35.5 Å². The number of rotatable bonds is 7. The third-order valence-corrected chi connectivity index (χ3v) is 4.30. The van der Waals surface area contributed by atoms with Crippen LogP contribution in [-0.4, -0.2) is 26.1 Å². The molecular formula is C21H18N4O4. The van der Waals surface area contributed by atoms with Crippen LogP contribution in [0, 0.1) is 0 Å². The summed E-state index contributed by atoms with van der Waals surface area (Å²) in [5, 5.41) is 8.38. The number of carbonyl (C=O) groups is 1. The van der Waals surface area contributed by atoms with E-state index < -0.39 is 0 Å². The van der Waals surface area contributed by atoms with Crippen LogP contribution in [0.25, 0.3) is 22.4 Å². The SMILES string of the molecule is O=C(CCCc1nc2ccccc2c(=O)[nH]1)OCc1nnc(-c2ccccc2)o1. The van der Waals surface area contributed by atoms with Crippen LogP contribution in [0.1, 0.15) is 24.6 Å². The summed E-state index contributed by atoms with van der Waals surface area (Å²) in [5.74, 6) is 0.777. The lowest BCUT2D eigenvalue weighted by Gasteiger charge is -2.04. The highest BCUT2D eigenvalue weighted by Crippen LogP contribution is 2.17. The first kappa shape index (κ1) is 18.5. The summed E-state index contributed by atoms with van der Waals surface area (Å²) in [5.41, 5.74) is 1.26. The van der Waals surface area contributed by atoms with Crippen molar-refractivity contribution in [2.75, 3.05) is 0 Å². The van der Waals surface area contributed by atoms with Crippen molar-refractivity contribution in [3.8, 4) is 11.5 Å². The van der Waals surface area contributed by atoms with Crippen LogP contribution in [-0.2, 0) is 22.6 Å². The number of aryl methyl sites for hydroxylation is 1. The van der Waals surface area contributed by atoms with Gasteiger partial charge in [-0.3, -0.25) is 9.59 Å². The first-order valence-electron chi connectivity index (χ1n) is 9.20. The van der Waals surface area contributed by atoms with Gasteiger partial charge in [-0.2, -0.15) is 0 Å². The lowest BCUT2D eigenvalue weighted by molar-refractivity contribution is -0.145. The molecule has 8 nitrogen and oxygen atoms in total. The Labute approximate surface area is 165 Å². The molecule has 2 aromatic carbocycles. The largest absolute Gasteiger partial charge is 0.456 e. The number of carbonyl (C=O) groups excluding carboxylic acids is 1. The van der Waals surface area contributed by atoms with Gasteiger partial charge in [0.25, 0.3) is 11.4 Å². The predicted octanol–water partition coefficient (Wildman–Crippen LogP) is 3.04. The standard InChI is InChI=1S/C21H18N4O4/c26-19(28-13-18-24-25-21(29-18)14-7-2-1-3-8-14)12-6-11-17-22-16-10-5-4-9-15(16)20(27)23-17/h1-5,7-10H,6,11-13H2,(H,22,23,27). The molecule has 1 N–H and O–H groups in total. The molecule has 0 bridgehead atoms. The first-order valence-corrected chi connectivity index (χ1v) is 9.20. The number of hydrogen-bond acceptors (Lipinski definition) is 7. The van der Waals surface area contributed by atoms with Gasteiger partial charge >= 0.3 is 5.97 Å². The summed E-state index contributed by atoms with van der Waals surface area (Å²) in [6, 6.07) is 16.5. The zero-order chi connectivity index (χ0) is 20.1. The molecule has 0 saturated heterocycles. The number of fused-ring (bicyclic) bond motifs is 1. The lowest BCUT2D eigenvalue weighted by atomic mass is 10.2. The molecule has 146 valence electrons. The van der Waals surface area contributed by atoms with E-state index in [1.54, 1.807) is 18.2 Å². The van der Waals surface area contributed by atoms with E-state index in [1.807, 2.05) is 36.4 Å². The van der Waals surface area contributed by atoms with Gasteiger partial charge in [0.05, 0.1) is 10.9 Å². The van der Waals surface area contributed by atoms with Gasteiger partial charge in [-0.1, -0.05) is 30.3 Å². The Balaban J connectivity index is 1.27. The third kappa shape index (κ3) is 4.55. The minimum atomic E-state index is -0.382. The predicted molar refractivity (Wildman–Crippen MR) is 105 cm³/mol. The number of hydrogen-bond donors (Lipinski definition) is 1. The monoisotopic (exact) mass is 390 g/mol. The van der Waals surface area contributed by atoms with Crippen molar-refractivity contribution in [1.82, 2.24) is 20.2 Å². The maximum atomic E-state index is 12.0. The molecule has 0 fully saturated rings. The molecule has 0 radical (unpaired) electrons. The van der Waals surface area contributed by atoms with Crippen LogP contribution in [0.3, 0.4) is 0 Å². The van der Waals surface area contributed by atoms with Crippen LogP contribution in [0.2, 0.25) is 0 Å². The van der Waals surface area contributed by atoms with Crippen molar-refractivity contribution in [3.05, 3.63) is 76.7 Å². The van der Waals surface area contributed by atoms with Crippen molar-refractivity contribution in [2.24, 2.45) is 0 Å². The topological polar surface area (TPSA) is 111 Å². The molecule has 0 amide bonds. The quantitative estimate of drug-likeness (QED) is 0.483. The molecule has 0 aliphatic rings. The van der Waals surface area contributed by atoms with E-state index in [1.165, 1.54) is 0 Å². The summed E-state index contributed by atoms with van der Waals surface area (Å²) in [6.45, 7) is -0.0796. The Morgan fingerprint density at radius 1 is 1.03 bits per heavy atom. The van der Waals surface area contributed by atoms with Gasteiger partial charge in [-0.25, -0.2) is 4.98 Å². The molecule has 2 heterocycles. The molecule has 4 aromatic rings. The van der Waals surface area contributed by atoms with Crippen molar-refractivity contribution in [1.29, 1.82) is 0 Å². The maximum absolute atomic E-state index is 12.0. The van der Waals surface area contributed by atoms with Gasteiger partial charge in [0.15, 0.2) is 6.61 Å². The Morgan fingerprint density at radius 2 is 1.83 bits per heavy atom. The van der Waals surface area contributed by atoms with E-state index in [2.05, 4.69) is 20.2 Å². The second-order valence-corrected chi connectivity index (χ2v) is 6.41. The first-order chi connectivity index (χ1) is 14.2. The molecule has 4 rings (SSSR count). The lowest BCUT2D eigenvalue weighted by Crippen LogP contribution is -2.12. The highest BCUT2D eigenvalue weighted by atomic mass is 16.5. The Bertz CT molecular complexity index is 1180. The van der Waals surface area contributed by atoms with Crippen molar-refractivity contribution in [2.45, 2.75) is 25.9 Å². The van der Waals surface area contributed by atoms with Gasteiger partial charge in [0.1, 0.15) is 5.82 Å². The van der Waals surface area contributed by atoms with Gasteiger partial charge in [-0.15, -0.1) is 10.2 Å². The fraction of sp³-hybridized carbons (Fsp3) is 0.190. The molecule has 0 saturated carbocycles. The zero-order valence-electron chi connectivity index (χ0n) is 15.5. The van der Waals surface area contributed by atoms with E-state index >= 15 is 0 Å². The van der Waals surface area contributed by atoms with Crippen LogP contribution in [0.4, 0.5) is 0 Å². The highest BCUT2D eigenvalue weighted by Gasteiger charge is 2.11. The maximum Gasteiger partial charge on any atom is 0.306 e. The average Bonchev–Trinajstić information content (AvgIpc) is 3.22. The minimum absolute atomic E-state index is 0.0796. The van der Waals surface area contributed by atoms with Crippen LogP contribution in [0.15, 0.2) is 63.8 Å². The number of benzene rings is 2. The smallest absolute Gasteiger partial charge is 0.306 e. The fourth-order valence-electron chi connectivity index (χ4n) is 2.88. The fourth-order valence-corrected chi connectivity index (χ4v) is 2.88. The zero-order valence-corrected chi connectivity index (χ0v) is 15.5. The van der Waals surface area contributed by atoms with Crippen molar-refractivity contribution >= 4 is 16.9 Å². The van der Waals surface area contributed by atoms with Gasteiger partial charge in [0, 0.05) is 18.4 Å². The van der Waals surface area contributed by atoms with Crippen molar-refractivity contribution in [3.63, 3.8) is 0 Å². The number of nitrogens with one attached hydrogen (secondary N) is 1. The second-order valence-electron chi connectivity index (χ2n) is 6.41. The average molecular weight is 390 g/mol. The van der Waals surface area contributed by atoms with Crippen LogP contribution < -0.4 is 5.56 Å². The molecule has 0 aliphatic heterocycles. The normalized spacial score (nSPS) is 10.9. The van der Waals surface area contributed by atoms with E-state index in [4.69, 9.17) is 9.15 Å². The van der Waals surface area contributed by atoms with Crippen LogP contribution >= 0.6 is 0 Å². The number of aromatic amines is 1. The summed E-state index contributed by atoms with van der Waals surface area (Å²) in [7, 11) is 0. The molecule has 0 atom stereocenters. The Hall–Kier alpha value is -3.81. The second kappa shape index (κ2) is 8.47. The summed E-state index contributed by atoms with van der Waals surface area (Å²) in [4.78, 5) is 31.2. The third-order valence-electron chi connectivity index (χ3n) is 4.30. The molecule has 8 heteroatoms. The number of H-pyrrole nitrogens is 1. The number of ether oxygens (including phenoxy) is 1. The highest BCUT2D eigenvalue weighted by molar-refractivity contribution is 5.77. The number of para-hydroxylation sites is 1. The molecule has 29 heavy (non-hydrogen) atoms. The molecule has 0 aliphatic carbocycles. The van der Waals surface area contributed by atoms with Gasteiger partial charge in [0.2, 0.25) is 5.89 Å². The molecule has 0 unspecified atom stereocenters. The van der Waals surface area contributed by atoms with Crippen molar-refractivity contribution < 1.29 is 13.9 Å². The van der Waals surface area contributed by atoms with Gasteiger partial charge < -0.3 is 14.1 Å². The molecule has 0 spiro atoms. The Kier molecular flexibility index (Phi) is 5.42. The minimum Gasteiger partial charge on any atom is -0.456 e. The molecule has 2 aromatic heterocycles. The summed E-state index contributed by atoms with van der Waals surface area (Å²) >= 11 is 0. The number of nitrogens with zero attached hydrogens (tertiary/aromatic N) is 3.